The molecule has 0 aromatic carbocycles. The summed E-state index contributed by atoms with van der Waals surface area (Å²) >= 11 is 0. The van der Waals surface area contributed by atoms with Gasteiger partial charge in [-0.1, -0.05) is 6.92 Å². The first-order valence-corrected chi connectivity index (χ1v) is 5.23. The molecule has 0 atom stereocenters. The molecule has 1 rings (SSSR count). The van der Waals surface area contributed by atoms with Crippen molar-refractivity contribution in [1.82, 2.24) is 20.4 Å². The van der Waals surface area contributed by atoms with Crippen molar-refractivity contribution in [2.75, 3.05) is 19.6 Å². The molecule has 0 bridgehead atoms. The maximum absolute atomic E-state index is 4.28. The van der Waals surface area contributed by atoms with E-state index in [9.17, 15) is 0 Å². The minimum Gasteiger partial charge on any atom is -0.317 e. The monoisotopic (exact) mass is 196 g/mol. The molecule has 0 radical (unpaired) electrons. The van der Waals surface area contributed by atoms with Gasteiger partial charge in [0.05, 0.1) is 5.69 Å². The average molecular weight is 196 g/mol. The van der Waals surface area contributed by atoms with Crippen LogP contribution in [0.3, 0.4) is 0 Å². The van der Waals surface area contributed by atoms with Crippen LogP contribution < -0.4 is 10.6 Å². The first-order valence-electron chi connectivity index (χ1n) is 5.23. The van der Waals surface area contributed by atoms with Crippen molar-refractivity contribution in [3.05, 3.63) is 18.0 Å². The topological polar surface area (TPSA) is 41.9 Å². The summed E-state index contributed by atoms with van der Waals surface area (Å²) in [5, 5.41) is 10.9. The predicted molar refractivity (Wildman–Crippen MR) is 58.1 cm³/mol. The van der Waals surface area contributed by atoms with Crippen LogP contribution >= 0.6 is 0 Å². The third kappa shape index (κ3) is 4.39. The summed E-state index contributed by atoms with van der Waals surface area (Å²) in [5.41, 5.74) is 1.11. The molecule has 1 heterocycles. The van der Waals surface area contributed by atoms with Gasteiger partial charge in [0.2, 0.25) is 0 Å². The summed E-state index contributed by atoms with van der Waals surface area (Å²) < 4.78 is 1.83. The van der Waals surface area contributed by atoms with Crippen molar-refractivity contribution >= 4 is 0 Å². The first-order chi connectivity index (χ1) is 6.83. The van der Waals surface area contributed by atoms with E-state index in [2.05, 4.69) is 22.7 Å². The molecule has 4 nitrogen and oxygen atoms in total. The Morgan fingerprint density at radius 2 is 2.14 bits per heavy atom. The summed E-state index contributed by atoms with van der Waals surface area (Å²) in [6, 6.07) is 2.04. The van der Waals surface area contributed by atoms with Crippen molar-refractivity contribution < 1.29 is 0 Å². The lowest BCUT2D eigenvalue weighted by molar-refractivity contribution is 0.596. The van der Waals surface area contributed by atoms with Gasteiger partial charge in [-0.25, -0.2) is 0 Å². The Kier molecular flexibility index (Phi) is 5.25. The van der Waals surface area contributed by atoms with Crippen LogP contribution in [0.2, 0.25) is 0 Å². The summed E-state index contributed by atoms with van der Waals surface area (Å²) in [6.45, 7) is 6.18. The Morgan fingerprint density at radius 1 is 1.36 bits per heavy atom. The number of rotatable bonds is 7. The predicted octanol–water partition coefficient (Wildman–Crippen LogP) is 0.509. The fraction of sp³-hybridized carbons (Fsp3) is 0.700. The zero-order chi connectivity index (χ0) is 10.2. The Morgan fingerprint density at radius 3 is 2.79 bits per heavy atom. The maximum Gasteiger partial charge on any atom is 0.0762 e. The first kappa shape index (κ1) is 11.2. The van der Waals surface area contributed by atoms with Gasteiger partial charge in [-0.2, -0.15) is 5.10 Å². The molecule has 0 fully saturated rings. The molecule has 1 aromatic heterocycles. The van der Waals surface area contributed by atoms with E-state index >= 15 is 0 Å². The smallest absolute Gasteiger partial charge is 0.0762 e. The quantitative estimate of drug-likeness (QED) is 0.624. The zero-order valence-corrected chi connectivity index (χ0v) is 9.08. The fourth-order valence-corrected chi connectivity index (χ4v) is 1.29. The molecule has 4 heteroatoms. The molecule has 0 saturated heterocycles. The molecular weight excluding hydrogens is 176 g/mol. The largest absolute Gasteiger partial charge is 0.317 e. The summed E-state index contributed by atoms with van der Waals surface area (Å²) in [6.07, 6.45) is 3.14. The van der Waals surface area contributed by atoms with Gasteiger partial charge in [0.15, 0.2) is 0 Å². The highest BCUT2D eigenvalue weighted by atomic mass is 15.3. The van der Waals surface area contributed by atoms with E-state index < -0.39 is 0 Å². The van der Waals surface area contributed by atoms with Crippen molar-refractivity contribution in [2.24, 2.45) is 7.05 Å². The van der Waals surface area contributed by atoms with Gasteiger partial charge in [-0.15, -0.1) is 0 Å². The number of nitrogens with zero attached hydrogens (tertiary/aromatic N) is 2. The van der Waals surface area contributed by atoms with E-state index in [0.29, 0.717) is 0 Å². The van der Waals surface area contributed by atoms with Crippen molar-refractivity contribution in [3.8, 4) is 0 Å². The van der Waals surface area contributed by atoms with Gasteiger partial charge in [-0.3, -0.25) is 4.68 Å². The van der Waals surface area contributed by atoms with Gasteiger partial charge in [0, 0.05) is 19.8 Å². The van der Waals surface area contributed by atoms with Crippen LogP contribution in [0, 0.1) is 0 Å². The van der Waals surface area contributed by atoms with Crippen LogP contribution in [0.5, 0.6) is 0 Å². The third-order valence-corrected chi connectivity index (χ3v) is 2.03. The summed E-state index contributed by atoms with van der Waals surface area (Å²) in [4.78, 5) is 0. The molecule has 0 amide bonds. The van der Waals surface area contributed by atoms with Gasteiger partial charge < -0.3 is 10.6 Å². The molecule has 0 aliphatic rings. The van der Waals surface area contributed by atoms with Crippen LogP contribution in [0.25, 0.3) is 0 Å². The molecular formula is C10H20N4. The molecule has 0 aliphatic carbocycles. The lowest BCUT2D eigenvalue weighted by atomic mass is 10.4. The van der Waals surface area contributed by atoms with Gasteiger partial charge in [0.1, 0.15) is 0 Å². The maximum atomic E-state index is 4.28. The Hall–Kier alpha value is -0.870. The van der Waals surface area contributed by atoms with Gasteiger partial charge in [-0.05, 0) is 32.1 Å². The van der Waals surface area contributed by atoms with Crippen molar-refractivity contribution in [1.29, 1.82) is 0 Å². The normalized spacial score (nSPS) is 10.7. The van der Waals surface area contributed by atoms with E-state index in [0.717, 1.165) is 31.9 Å². The number of aromatic nitrogens is 2. The van der Waals surface area contributed by atoms with Crippen LogP contribution in [0.15, 0.2) is 12.3 Å². The molecule has 1 aromatic rings. The zero-order valence-electron chi connectivity index (χ0n) is 9.08. The lowest BCUT2D eigenvalue weighted by Crippen LogP contribution is -2.21. The molecule has 14 heavy (non-hydrogen) atoms. The highest BCUT2D eigenvalue weighted by molar-refractivity contribution is 4.97. The molecule has 0 aliphatic heterocycles. The Labute approximate surface area is 85.7 Å². The highest BCUT2D eigenvalue weighted by Crippen LogP contribution is 1.92. The number of hydrogen-bond acceptors (Lipinski definition) is 3. The lowest BCUT2D eigenvalue weighted by Gasteiger charge is -2.02. The number of nitrogens with one attached hydrogen (secondary N) is 2. The molecule has 0 spiro atoms. The van der Waals surface area contributed by atoms with Crippen LogP contribution in [-0.4, -0.2) is 29.4 Å². The SMILES string of the molecule is CCNCCCNCc1ccn(C)n1. The number of hydrogen-bond donors (Lipinski definition) is 2. The molecule has 0 saturated carbocycles. The average Bonchev–Trinajstić information content (AvgIpc) is 2.58. The minimum absolute atomic E-state index is 0.868. The van der Waals surface area contributed by atoms with Crippen molar-refractivity contribution in [3.63, 3.8) is 0 Å². The standard InChI is InChI=1S/C10H20N4/c1-3-11-6-4-7-12-9-10-5-8-14(2)13-10/h5,8,11-12H,3-4,6-7,9H2,1-2H3. The van der Waals surface area contributed by atoms with Crippen LogP contribution in [0.1, 0.15) is 19.0 Å². The molecule has 80 valence electrons. The third-order valence-electron chi connectivity index (χ3n) is 2.03. The fourth-order valence-electron chi connectivity index (χ4n) is 1.29. The van der Waals surface area contributed by atoms with E-state index in [1.807, 2.05) is 24.0 Å². The second-order valence-corrected chi connectivity index (χ2v) is 3.36. The van der Waals surface area contributed by atoms with E-state index in [1.165, 1.54) is 6.42 Å². The van der Waals surface area contributed by atoms with Gasteiger partial charge in [0.25, 0.3) is 0 Å². The second-order valence-electron chi connectivity index (χ2n) is 3.36. The molecule has 2 N–H and O–H groups in total. The number of aryl methyl sites for hydroxylation is 1. The summed E-state index contributed by atoms with van der Waals surface area (Å²) in [7, 11) is 1.94. The van der Waals surface area contributed by atoms with Gasteiger partial charge >= 0.3 is 0 Å². The van der Waals surface area contributed by atoms with Crippen LogP contribution in [-0.2, 0) is 13.6 Å². The Balaban J connectivity index is 1.99. The Bertz CT molecular complexity index is 244. The van der Waals surface area contributed by atoms with E-state index in [-0.39, 0.29) is 0 Å². The van der Waals surface area contributed by atoms with E-state index in [4.69, 9.17) is 0 Å². The minimum atomic E-state index is 0.868. The summed E-state index contributed by atoms with van der Waals surface area (Å²) in [5.74, 6) is 0. The molecule has 0 unspecified atom stereocenters. The van der Waals surface area contributed by atoms with Crippen LogP contribution in [0.4, 0.5) is 0 Å². The van der Waals surface area contributed by atoms with Crippen molar-refractivity contribution in [2.45, 2.75) is 19.9 Å². The van der Waals surface area contributed by atoms with E-state index in [1.54, 1.807) is 0 Å². The second kappa shape index (κ2) is 6.56. The highest BCUT2D eigenvalue weighted by Gasteiger charge is 1.94.